The minimum Gasteiger partial charge on any atom is -0.481 e. The molecule has 0 aliphatic heterocycles. The van der Waals surface area contributed by atoms with Crippen molar-refractivity contribution in [2.75, 3.05) is 0 Å². The summed E-state index contributed by atoms with van der Waals surface area (Å²) in [4.78, 5) is 22.0. The highest BCUT2D eigenvalue weighted by Gasteiger charge is 2.12. The lowest BCUT2D eigenvalue weighted by atomic mass is 10.1. The highest BCUT2D eigenvalue weighted by atomic mass is 16.4. The van der Waals surface area contributed by atoms with Gasteiger partial charge in [-0.25, -0.2) is 0 Å². The van der Waals surface area contributed by atoms with Crippen molar-refractivity contribution in [2.24, 2.45) is 5.73 Å². The molecule has 2 aromatic rings. The van der Waals surface area contributed by atoms with Crippen LogP contribution in [0, 0.1) is 13.8 Å². The summed E-state index contributed by atoms with van der Waals surface area (Å²) in [5, 5.41) is 8.83. The molecule has 21 heavy (non-hydrogen) atoms. The summed E-state index contributed by atoms with van der Waals surface area (Å²) in [6, 6.07) is 9.16. The fourth-order valence-corrected chi connectivity index (χ4v) is 2.43. The Bertz CT molecular complexity index is 702. The number of carbonyl (C=O) groups excluding carboxylic acids is 1. The van der Waals surface area contributed by atoms with Crippen LogP contribution in [0.1, 0.15) is 33.7 Å². The predicted octanol–water partition coefficient (Wildman–Crippen LogP) is 2.21. The molecule has 110 valence electrons. The van der Waals surface area contributed by atoms with Gasteiger partial charge in [-0.2, -0.15) is 0 Å². The van der Waals surface area contributed by atoms with Gasteiger partial charge in [0.1, 0.15) is 0 Å². The Morgan fingerprint density at radius 2 is 1.90 bits per heavy atom. The third kappa shape index (κ3) is 3.13. The van der Waals surface area contributed by atoms with Crippen LogP contribution in [0.3, 0.4) is 0 Å². The average molecular weight is 286 g/mol. The van der Waals surface area contributed by atoms with Gasteiger partial charge in [0, 0.05) is 22.6 Å². The topological polar surface area (TPSA) is 85.3 Å². The number of primary amides is 1. The quantitative estimate of drug-likeness (QED) is 0.883. The predicted molar refractivity (Wildman–Crippen MR) is 79.7 cm³/mol. The zero-order valence-electron chi connectivity index (χ0n) is 12.1. The lowest BCUT2D eigenvalue weighted by molar-refractivity contribution is -0.136. The molecule has 5 heteroatoms. The summed E-state index contributed by atoms with van der Waals surface area (Å²) in [6.45, 7) is 3.87. The number of nitrogens with zero attached hydrogens (tertiary/aromatic N) is 1. The summed E-state index contributed by atoms with van der Waals surface area (Å²) >= 11 is 0. The maximum absolute atomic E-state index is 11.2. The largest absolute Gasteiger partial charge is 0.481 e. The van der Waals surface area contributed by atoms with E-state index in [-0.39, 0.29) is 6.42 Å². The highest BCUT2D eigenvalue weighted by molar-refractivity contribution is 5.93. The molecule has 1 aromatic carbocycles. The molecule has 3 N–H and O–H groups in total. The minimum atomic E-state index is -0.818. The van der Waals surface area contributed by atoms with Crippen molar-refractivity contribution in [3.63, 3.8) is 0 Å². The van der Waals surface area contributed by atoms with Crippen LogP contribution in [0.25, 0.3) is 5.69 Å². The van der Waals surface area contributed by atoms with Crippen LogP contribution in [-0.2, 0) is 11.2 Å². The average Bonchev–Trinajstić information content (AvgIpc) is 2.77. The second-order valence-corrected chi connectivity index (χ2v) is 5.06. The van der Waals surface area contributed by atoms with E-state index in [1.807, 2.05) is 36.6 Å². The Labute approximate surface area is 123 Å². The summed E-state index contributed by atoms with van der Waals surface area (Å²) in [6.07, 6.45) is 0.544. The minimum absolute atomic E-state index is 0.0852. The lowest BCUT2D eigenvalue weighted by Gasteiger charge is -2.15. The third-order valence-electron chi connectivity index (χ3n) is 3.47. The van der Waals surface area contributed by atoms with E-state index in [0.717, 1.165) is 22.6 Å². The van der Waals surface area contributed by atoms with Gasteiger partial charge in [-0.1, -0.05) is 0 Å². The van der Waals surface area contributed by atoms with E-state index in [9.17, 15) is 9.59 Å². The number of hydrogen-bond donors (Lipinski definition) is 2. The number of aromatic nitrogens is 1. The van der Waals surface area contributed by atoms with E-state index in [2.05, 4.69) is 0 Å². The molecule has 0 atom stereocenters. The van der Waals surface area contributed by atoms with Crippen molar-refractivity contribution in [1.29, 1.82) is 0 Å². The second kappa shape index (κ2) is 5.83. The van der Waals surface area contributed by atoms with E-state index >= 15 is 0 Å². The number of aliphatic carboxylic acids is 1. The fourth-order valence-electron chi connectivity index (χ4n) is 2.43. The van der Waals surface area contributed by atoms with Crippen LogP contribution in [0.15, 0.2) is 30.3 Å². The van der Waals surface area contributed by atoms with Crippen LogP contribution < -0.4 is 5.73 Å². The zero-order chi connectivity index (χ0) is 15.6. The van der Waals surface area contributed by atoms with Crippen LogP contribution in [0.5, 0.6) is 0 Å². The first kappa shape index (κ1) is 14.8. The molecule has 1 aromatic heterocycles. The number of carboxylic acid groups (broad SMARTS) is 1. The van der Waals surface area contributed by atoms with Gasteiger partial charge in [0.2, 0.25) is 5.91 Å². The van der Waals surface area contributed by atoms with Gasteiger partial charge < -0.3 is 15.4 Å². The maximum Gasteiger partial charge on any atom is 0.303 e. The van der Waals surface area contributed by atoms with Crippen molar-refractivity contribution in [3.8, 4) is 5.69 Å². The van der Waals surface area contributed by atoms with Crippen LogP contribution in [0.2, 0.25) is 0 Å². The van der Waals surface area contributed by atoms with Crippen LogP contribution >= 0.6 is 0 Å². The molecule has 0 aliphatic carbocycles. The summed E-state index contributed by atoms with van der Waals surface area (Å²) in [7, 11) is 0. The number of carboxylic acids is 1. The molecule has 0 bridgehead atoms. The molecule has 1 heterocycles. The van der Waals surface area contributed by atoms with E-state index in [1.165, 1.54) is 0 Å². The zero-order valence-corrected chi connectivity index (χ0v) is 12.1. The van der Waals surface area contributed by atoms with Crippen molar-refractivity contribution >= 4 is 11.9 Å². The van der Waals surface area contributed by atoms with Crippen molar-refractivity contribution in [3.05, 3.63) is 52.8 Å². The van der Waals surface area contributed by atoms with Gasteiger partial charge in [-0.05, 0) is 56.2 Å². The summed E-state index contributed by atoms with van der Waals surface area (Å²) in [5.41, 5.74) is 9.55. The number of amides is 1. The summed E-state index contributed by atoms with van der Waals surface area (Å²) < 4.78 is 2.02. The number of benzene rings is 1. The Morgan fingerprint density at radius 1 is 1.19 bits per heavy atom. The molecule has 2 rings (SSSR count). The first-order chi connectivity index (χ1) is 9.90. The van der Waals surface area contributed by atoms with Gasteiger partial charge in [0.05, 0.1) is 6.42 Å². The summed E-state index contributed by atoms with van der Waals surface area (Å²) in [5.74, 6) is -1.28. The molecule has 0 saturated heterocycles. The van der Waals surface area contributed by atoms with Crippen molar-refractivity contribution in [1.82, 2.24) is 4.57 Å². The van der Waals surface area contributed by atoms with Crippen LogP contribution in [-0.4, -0.2) is 21.6 Å². The van der Waals surface area contributed by atoms with Crippen molar-refractivity contribution < 1.29 is 14.7 Å². The number of hydrogen-bond acceptors (Lipinski definition) is 2. The van der Waals surface area contributed by atoms with E-state index < -0.39 is 11.9 Å². The second-order valence-electron chi connectivity index (χ2n) is 5.06. The Hall–Kier alpha value is -2.56. The molecule has 0 radical (unpaired) electrons. The van der Waals surface area contributed by atoms with Gasteiger partial charge in [-0.3, -0.25) is 9.59 Å². The first-order valence-electron chi connectivity index (χ1n) is 6.70. The number of carbonyl (C=O) groups is 2. The fraction of sp³-hybridized carbons (Fsp3) is 0.250. The third-order valence-corrected chi connectivity index (χ3v) is 3.47. The maximum atomic E-state index is 11.2. The molecule has 0 spiro atoms. The van der Waals surface area contributed by atoms with Gasteiger partial charge in [0.25, 0.3) is 0 Å². The standard InChI is InChI=1S/C16H18N2O3/c1-10-9-12(16(17)21)4-7-14(10)18-11(2)3-5-13(18)6-8-15(19)20/h3-5,7,9H,6,8H2,1-2H3,(H2,17,21)(H,19,20). The Balaban J connectivity index is 2.44. The number of aryl methyl sites for hydroxylation is 3. The van der Waals surface area contributed by atoms with Gasteiger partial charge in [-0.15, -0.1) is 0 Å². The van der Waals surface area contributed by atoms with E-state index in [4.69, 9.17) is 10.8 Å². The Kier molecular flexibility index (Phi) is 4.12. The lowest BCUT2D eigenvalue weighted by Crippen LogP contribution is -2.12. The van der Waals surface area contributed by atoms with Crippen molar-refractivity contribution in [2.45, 2.75) is 26.7 Å². The Morgan fingerprint density at radius 3 is 2.48 bits per heavy atom. The SMILES string of the molecule is Cc1cc(C(N)=O)ccc1-n1c(C)ccc1CCC(=O)O. The molecule has 5 nitrogen and oxygen atoms in total. The molecule has 0 fully saturated rings. The smallest absolute Gasteiger partial charge is 0.303 e. The monoisotopic (exact) mass is 286 g/mol. The highest BCUT2D eigenvalue weighted by Crippen LogP contribution is 2.22. The number of rotatable bonds is 5. The van der Waals surface area contributed by atoms with Gasteiger partial charge >= 0.3 is 5.97 Å². The molecule has 0 unspecified atom stereocenters. The number of nitrogens with two attached hydrogens (primary N) is 1. The van der Waals surface area contributed by atoms with E-state index in [1.54, 1.807) is 12.1 Å². The molecule has 0 saturated carbocycles. The molecule has 1 amide bonds. The molecule has 0 aliphatic rings. The first-order valence-corrected chi connectivity index (χ1v) is 6.70. The normalized spacial score (nSPS) is 10.6. The molecular weight excluding hydrogens is 268 g/mol. The van der Waals surface area contributed by atoms with Crippen LogP contribution in [0.4, 0.5) is 0 Å². The van der Waals surface area contributed by atoms with Gasteiger partial charge in [0.15, 0.2) is 0 Å². The molecular formula is C16H18N2O3. The van der Waals surface area contributed by atoms with E-state index in [0.29, 0.717) is 12.0 Å².